The molecule has 2 rings (SSSR count). The smallest absolute Gasteiger partial charge is 0.282 e. The summed E-state index contributed by atoms with van der Waals surface area (Å²) in [5.41, 5.74) is 2.48. The van der Waals surface area contributed by atoms with Crippen molar-refractivity contribution in [1.29, 1.82) is 0 Å². The van der Waals surface area contributed by atoms with E-state index in [0.717, 1.165) is 31.1 Å². The molecule has 276 valence electrons. The Labute approximate surface area is 298 Å². The Hall–Kier alpha value is -1.39. The van der Waals surface area contributed by atoms with Crippen LogP contribution < -0.4 is 0 Å². The van der Waals surface area contributed by atoms with Gasteiger partial charge in [0.05, 0.1) is 0 Å². The standard InChI is InChI=1S/C44H76O3S/c1-3-5-7-9-11-13-15-17-19-21-23-25-27-29-31-34-40-36-33-37-42-43(48(45,46)47)39-38-41(44(40)42)35-32-30-28-26-24-22-20-18-16-14-12-10-8-6-4-2/h33,36-39H,3-32,34-35H2,1-2H3,(H,45,46,47). The van der Waals surface area contributed by atoms with Crippen molar-refractivity contribution in [3.8, 4) is 0 Å². The predicted molar refractivity (Wildman–Crippen MR) is 211 cm³/mol. The third-order valence-electron chi connectivity index (χ3n) is 10.6. The van der Waals surface area contributed by atoms with E-state index in [0.29, 0.717) is 5.39 Å². The zero-order chi connectivity index (χ0) is 34.5. The van der Waals surface area contributed by atoms with Crippen molar-refractivity contribution in [2.75, 3.05) is 0 Å². The molecule has 0 aliphatic rings. The summed E-state index contributed by atoms with van der Waals surface area (Å²) < 4.78 is 34.5. The highest BCUT2D eigenvalue weighted by Crippen LogP contribution is 2.31. The number of hydrogen-bond donors (Lipinski definition) is 1. The van der Waals surface area contributed by atoms with Crippen LogP contribution in [-0.2, 0) is 23.0 Å². The van der Waals surface area contributed by atoms with Crippen LogP contribution in [0.25, 0.3) is 10.8 Å². The van der Waals surface area contributed by atoms with Gasteiger partial charge in [0, 0.05) is 5.39 Å². The summed E-state index contributed by atoms with van der Waals surface area (Å²) in [6.45, 7) is 4.57. The zero-order valence-corrected chi connectivity index (χ0v) is 32.5. The molecule has 0 aromatic heterocycles. The molecule has 4 heteroatoms. The molecule has 2 aromatic rings. The minimum Gasteiger partial charge on any atom is -0.282 e. The van der Waals surface area contributed by atoms with Gasteiger partial charge >= 0.3 is 0 Å². The van der Waals surface area contributed by atoms with Gasteiger partial charge in [-0.15, -0.1) is 0 Å². The molecule has 0 fully saturated rings. The van der Waals surface area contributed by atoms with Gasteiger partial charge in [0.15, 0.2) is 0 Å². The minimum absolute atomic E-state index is 0.0519. The third kappa shape index (κ3) is 19.7. The molecule has 48 heavy (non-hydrogen) atoms. The average molecular weight is 685 g/mol. The van der Waals surface area contributed by atoms with Crippen molar-refractivity contribution in [3.05, 3.63) is 41.5 Å². The van der Waals surface area contributed by atoms with E-state index in [1.54, 1.807) is 6.07 Å². The summed E-state index contributed by atoms with van der Waals surface area (Å²) in [5, 5.41) is 1.76. The Morgan fingerprint density at radius 1 is 0.417 bits per heavy atom. The van der Waals surface area contributed by atoms with Crippen LogP contribution in [0.3, 0.4) is 0 Å². The molecule has 2 aromatic carbocycles. The van der Waals surface area contributed by atoms with Crippen LogP contribution in [0.15, 0.2) is 35.2 Å². The molecule has 0 spiro atoms. The van der Waals surface area contributed by atoms with E-state index in [1.165, 1.54) is 191 Å². The lowest BCUT2D eigenvalue weighted by atomic mass is 9.93. The molecule has 0 saturated heterocycles. The molecule has 0 amide bonds. The topological polar surface area (TPSA) is 54.4 Å². The van der Waals surface area contributed by atoms with Gasteiger partial charge < -0.3 is 0 Å². The normalized spacial score (nSPS) is 12.0. The highest BCUT2D eigenvalue weighted by atomic mass is 32.2. The lowest BCUT2D eigenvalue weighted by Crippen LogP contribution is -2.02. The van der Waals surface area contributed by atoms with Gasteiger partial charge in [-0.1, -0.05) is 218 Å². The second-order valence-electron chi connectivity index (χ2n) is 14.9. The first kappa shape index (κ1) is 42.8. The maximum absolute atomic E-state index is 12.2. The van der Waals surface area contributed by atoms with Crippen LogP contribution in [0.4, 0.5) is 0 Å². The van der Waals surface area contributed by atoms with Crippen LogP contribution in [0, 0.1) is 0 Å². The largest absolute Gasteiger partial charge is 0.295 e. The van der Waals surface area contributed by atoms with Crippen molar-refractivity contribution >= 4 is 20.9 Å². The summed E-state index contributed by atoms with van der Waals surface area (Å²) in [5.74, 6) is 0. The third-order valence-corrected chi connectivity index (χ3v) is 11.5. The SMILES string of the molecule is CCCCCCCCCCCCCCCCCc1cccc2c(S(=O)(=O)O)ccc(CCCCCCCCCCCCCCCCC)c12. The van der Waals surface area contributed by atoms with Gasteiger partial charge in [-0.05, 0) is 48.3 Å². The first-order chi connectivity index (χ1) is 23.5. The Kier molecular flexibility index (Phi) is 25.2. The highest BCUT2D eigenvalue weighted by Gasteiger charge is 2.17. The monoisotopic (exact) mass is 685 g/mol. The minimum atomic E-state index is -4.26. The van der Waals surface area contributed by atoms with Crippen molar-refractivity contribution in [2.24, 2.45) is 0 Å². The van der Waals surface area contributed by atoms with Gasteiger partial charge in [0.2, 0.25) is 0 Å². The van der Waals surface area contributed by atoms with Crippen molar-refractivity contribution in [2.45, 2.75) is 224 Å². The van der Waals surface area contributed by atoms with E-state index >= 15 is 0 Å². The molecule has 3 nitrogen and oxygen atoms in total. The fourth-order valence-corrected chi connectivity index (χ4v) is 8.24. The van der Waals surface area contributed by atoms with Crippen molar-refractivity contribution < 1.29 is 13.0 Å². The lowest BCUT2D eigenvalue weighted by molar-refractivity contribution is 0.484. The predicted octanol–water partition coefficient (Wildman–Crippen LogP) is 14.9. The molecule has 0 aliphatic heterocycles. The molecule has 0 aliphatic carbocycles. The van der Waals surface area contributed by atoms with E-state index in [1.807, 2.05) is 18.2 Å². The van der Waals surface area contributed by atoms with Gasteiger partial charge in [-0.2, -0.15) is 8.42 Å². The lowest BCUT2D eigenvalue weighted by Gasteiger charge is -2.14. The summed E-state index contributed by atoms with van der Waals surface area (Å²) in [6.07, 6.45) is 42.6. The maximum atomic E-state index is 12.2. The van der Waals surface area contributed by atoms with Gasteiger partial charge in [0.25, 0.3) is 10.1 Å². The fraction of sp³-hybridized carbons (Fsp3) is 0.773. The van der Waals surface area contributed by atoms with Crippen LogP contribution in [0.2, 0.25) is 0 Å². The molecular formula is C44H76O3S. The van der Waals surface area contributed by atoms with E-state index in [4.69, 9.17) is 0 Å². The zero-order valence-electron chi connectivity index (χ0n) is 31.7. The maximum Gasteiger partial charge on any atom is 0.295 e. The summed E-state index contributed by atoms with van der Waals surface area (Å²) in [7, 11) is -4.26. The second kappa shape index (κ2) is 28.3. The van der Waals surface area contributed by atoms with Gasteiger partial charge in [-0.3, -0.25) is 4.55 Å². The fourth-order valence-electron chi connectivity index (χ4n) is 7.55. The van der Waals surface area contributed by atoms with Crippen molar-refractivity contribution in [3.63, 3.8) is 0 Å². The molecule has 0 saturated carbocycles. The molecule has 0 bridgehead atoms. The van der Waals surface area contributed by atoms with E-state index in [2.05, 4.69) is 19.9 Å². The number of benzene rings is 2. The Morgan fingerprint density at radius 2 is 0.729 bits per heavy atom. The average Bonchev–Trinajstić information content (AvgIpc) is 3.07. The first-order valence-corrected chi connectivity index (χ1v) is 22.4. The molecule has 0 heterocycles. The highest BCUT2D eigenvalue weighted by molar-refractivity contribution is 7.86. The second-order valence-corrected chi connectivity index (χ2v) is 16.3. The number of fused-ring (bicyclic) bond motifs is 1. The van der Waals surface area contributed by atoms with Crippen molar-refractivity contribution in [1.82, 2.24) is 0 Å². The van der Waals surface area contributed by atoms with Gasteiger partial charge in [0.1, 0.15) is 4.90 Å². The molecular weight excluding hydrogens is 609 g/mol. The van der Waals surface area contributed by atoms with Crippen LogP contribution in [-0.4, -0.2) is 13.0 Å². The number of unbranched alkanes of at least 4 members (excludes halogenated alkanes) is 28. The quantitative estimate of drug-likeness (QED) is 0.0601. The van der Waals surface area contributed by atoms with E-state index in [-0.39, 0.29) is 4.90 Å². The summed E-state index contributed by atoms with van der Waals surface area (Å²) in [4.78, 5) is 0.0519. The first-order valence-electron chi connectivity index (χ1n) is 21.0. The van der Waals surface area contributed by atoms with Crippen LogP contribution in [0.5, 0.6) is 0 Å². The Balaban J connectivity index is 1.68. The summed E-state index contributed by atoms with van der Waals surface area (Å²) in [6, 6.07) is 9.61. The summed E-state index contributed by atoms with van der Waals surface area (Å²) >= 11 is 0. The van der Waals surface area contributed by atoms with Crippen LogP contribution in [0.1, 0.15) is 218 Å². The van der Waals surface area contributed by atoms with E-state index in [9.17, 15) is 13.0 Å². The molecule has 0 radical (unpaired) electrons. The van der Waals surface area contributed by atoms with Gasteiger partial charge in [-0.25, -0.2) is 0 Å². The number of aryl methyl sites for hydroxylation is 2. The Morgan fingerprint density at radius 3 is 1.06 bits per heavy atom. The Bertz CT molecular complexity index is 1110. The van der Waals surface area contributed by atoms with E-state index < -0.39 is 10.1 Å². The molecule has 0 atom stereocenters. The van der Waals surface area contributed by atoms with Crippen LogP contribution >= 0.6 is 0 Å². The number of rotatable bonds is 33. The molecule has 0 unspecified atom stereocenters. The number of hydrogen-bond acceptors (Lipinski definition) is 2. The molecule has 1 N–H and O–H groups in total.